The number of thiophene rings is 1. The molecule has 0 radical (unpaired) electrons. The van der Waals surface area contributed by atoms with E-state index in [9.17, 15) is 19.7 Å². The van der Waals surface area contributed by atoms with Crippen LogP contribution in [0.2, 0.25) is 0 Å². The van der Waals surface area contributed by atoms with Gasteiger partial charge in [-0.25, -0.2) is 0 Å². The quantitative estimate of drug-likeness (QED) is 0.243. The van der Waals surface area contributed by atoms with Crippen molar-refractivity contribution in [2.24, 2.45) is 0 Å². The predicted octanol–water partition coefficient (Wildman–Crippen LogP) is 5.35. The number of hydrogen-bond acceptors (Lipinski definition) is 7. The summed E-state index contributed by atoms with van der Waals surface area (Å²) in [6, 6.07) is 12.4. The average Bonchev–Trinajstić information content (AvgIpc) is 3.45. The Hall–Kier alpha value is -4.18. The molecule has 2 amide bonds. The Morgan fingerprint density at radius 1 is 1.11 bits per heavy atom. The number of rotatable bonds is 8. The number of likely N-dealkylation sites (tertiary alicyclic amines) is 1. The van der Waals surface area contributed by atoms with Crippen LogP contribution in [0.4, 0.5) is 11.4 Å². The van der Waals surface area contributed by atoms with Crippen molar-refractivity contribution >= 4 is 40.6 Å². The third kappa shape index (κ3) is 6.15. The number of nitrogens with one attached hydrogen (secondary N) is 1. The van der Waals surface area contributed by atoms with E-state index < -0.39 is 4.92 Å². The first-order chi connectivity index (χ1) is 17.9. The van der Waals surface area contributed by atoms with Crippen LogP contribution in [0.25, 0.3) is 6.08 Å². The standard InChI is InChI=1S/C27H27N3O6S/c1-35-24-16-21(15-23(30(33)34)26(24)36-2)27(32)29-12-9-20(10-13-29)19-4-6-22(7-5-19)28-25(31)8-3-18-11-14-37-17-18/h3-8,11,14-17,20H,9-10,12-13H2,1-2H3,(H,28,31)/b8-3+. The summed E-state index contributed by atoms with van der Waals surface area (Å²) in [6.45, 7) is 1.05. The molecule has 37 heavy (non-hydrogen) atoms. The van der Waals surface area contributed by atoms with Crippen LogP contribution in [-0.2, 0) is 4.79 Å². The number of nitro groups is 1. The summed E-state index contributed by atoms with van der Waals surface area (Å²) in [5, 5.41) is 18.3. The second kappa shape index (κ2) is 11.7. The summed E-state index contributed by atoms with van der Waals surface area (Å²) in [5.74, 6) is -0.0748. The highest BCUT2D eigenvalue weighted by atomic mass is 32.1. The molecule has 0 spiro atoms. The highest BCUT2D eigenvalue weighted by Gasteiger charge is 2.28. The molecule has 0 unspecified atom stereocenters. The van der Waals surface area contributed by atoms with Gasteiger partial charge in [-0.1, -0.05) is 12.1 Å². The lowest BCUT2D eigenvalue weighted by Gasteiger charge is -2.32. The molecule has 9 nitrogen and oxygen atoms in total. The monoisotopic (exact) mass is 521 g/mol. The molecule has 3 aromatic rings. The molecule has 1 saturated heterocycles. The van der Waals surface area contributed by atoms with Crippen molar-refractivity contribution in [2.75, 3.05) is 32.6 Å². The number of ether oxygens (including phenoxy) is 2. The number of nitro benzene ring substituents is 1. The molecule has 1 aliphatic rings. The van der Waals surface area contributed by atoms with Crippen LogP contribution < -0.4 is 14.8 Å². The van der Waals surface area contributed by atoms with Crippen molar-refractivity contribution in [1.29, 1.82) is 0 Å². The SMILES string of the molecule is COc1cc(C(=O)N2CCC(c3ccc(NC(=O)/C=C/c4ccsc4)cc3)CC2)cc([N+](=O)[O-])c1OC. The lowest BCUT2D eigenvalue weighted by atomic mass is 9.89. The smallest absolute Gasteiger partial charge is 0.315 e. The van der Waals surface area contributed by atoms with Gasteiger partial charge in [0.2, 0.25) is 11.7 Å². The molecule has 2 aromatic carbocycles. The molecule has 0 aliphatic carbocycles. The molecule has 4 rings (SSSR count). The molecular weight excluding hydrogens is 494 g/mol. The van der Waals surface area contributed by atoms with Gasteiger partial charge in [-0.05, 0) is 71.0 Å². The Labute approximate surface area is 218 Å². The average molecular weight is 522 g/mol. The van der Waals surface area contributed by atoms with Crippen LogP contribution in [0.15, 0.2) is 59.3 Å². The lowest BCUT2D eigenvalue weighted by molar-refractivity contribution is -0.385. The number of hydrogen-bond donors (Lipinski definition) is 1. The molecule has 0 saturated carbocycles. The van der Waals surface area contributed by atoms with Crippen LogP contribution in [0.3, 0.4) is 0 Å². The summed E-state index contributed by atoms with van der Waals surface area (Å²) in [4.78, 5) is 37.9. The zero-order valence-corrected chi connectivity index (χ0v) is 21.3. The lowest BCUT2D eigenvalue weighted by Crippen LogP contribution is -2.38. The van der Waals surface area contributed by atoms with Gasteiger partial charge in [0.15, 0.2) is 5.75 Å². The van der Waals surface area contributed by atoms with Crippen LogP contribution in [0.1, 0.15) is 40.2 Å². The molecule has 1 N–H and O–H groups in total. The van der Waals surface area contributed by atoms with Crippen molar-refractivity contribution in [3.05, 3.63) is 86.1 Å². The van der Waals surface area contributed by atoms with Gasteiger partial charge in [-0.3, -0.25) is 19.7 Å². The number of methoxy groups -OCH3 is 2. The minimum absolute atomic E-state index is 0.0131. The maximum absolute atomic E-state index is 13.1. The van der Waals surface area contributed by atoms with E-state index in [0.717, 1.165) is 24.0 Å². The first-order valence-electron chi connectivity index (χ1n) is 11.7. The van der Waals surface area contributed by atoms with E-state index in [1.165, 1.54) is 32.4 Å². The maximum atomic E-state index is 13.1. The maximum Gasteiger partial charge on any atom is 0.315 e. The number of piperidine rings is 1. The van der Waals surface area contributed by atoms with Crippen molar-refractivity contribution in [2.45, 2.75) is 18.8 Å². The largest absolute Gasteiger partial charge is 0.493 e. The van der Waals surface area contributed by atoms with Crippen molar-refractivity contribution < 1.29 is 24.0 Å². The van der Waals surface area contributed by atoms with E-state index in [-0.39, 0.29) is 40.5 Å². The Morgan fingerprint density at radius 3 is 2.43 bits per heavy atom. The van der Waals surface area contributed by atoms with Gasteiger partial charge in [-0.15, -0.1) is 0 Å². The number of amides is 2. The summed E-state index contributed by atoms with van der Waals surface area (Å²) < 4.78 is 10.3. The molecule has 2 heterocycles. The Balaban J connectivity index is 1.36. The summed E-state index contributed by atoms with van der Waals surface area (Å²) in [7, 11) is 2.70. The fraction of sp³-hybridized carbons (Fsp3) is 0.259. The molecule has 0 bridgehead atoms. The number of anilines is 1. The molecule has 0 atom stereocenters. The zero-order chi connectivity index (χ0) is 26.4. The minimum atomic E-state index is -0.587. The second-order valence-electron chi connectivity index (χ2n) is 8.56. The molecule has 1 fully saturated rings. The molecular formula is C27H27N3O6S. The number of carbonyl (C=O) groups excluding carboxylic acids is 2. The summed E-state index contributed by atoms with van der Waals surface area (Å²) in [5.41, 5.74) is 2.72. The van der Waals surface area contributed by atoms with Crippen LogP contribution in [-0.4, -0.2) is 48.9 Å². The first kappa shape index (κ1) is 25.9. The Bertz CT molecular complexity index is 1300. The van der Waals surface area contributed by atoms with Crippen LogP contribution in [0, 0.1) is 10.1 Å². The summed E-state index contributed by atoms with van der Waals surface area (Å²) in [6.07, 6.45) is 4.80. The topological polar surface area (TPSA) is 111 Å². The Morgan fingerprint density at radius 2 is 1.84 bits per heavy atom. The van der Waals surface area contributed by atoms with Gasteiger partial charge in [-0.2, -0.15) is 11.3 Å². The highest BCUT2D eigenvalue weighted by Crippen LogP contribution is 2.38. The third-order valence-corrected chi connectivity index (χ3v) is 7.01. The van der Waals surface area contributed by atoms with Crippen molar-refractivity contribution in [3.63, 3.8) is 0 Å². The fourth-order valence-electron chi connectivity index (χ4n) is 4.37. The Kier molecular flexibility index (Phi) is 8.19. The van der Waals surface area contributed by atoms with E-state index in [1.54, 1.807) is 22.3 Å². The predicted molar refractivity (Wildman–Crippen MR) is 143 cm³/mol. The van der Waals surface area contributed by atoms with E-state index >= 15 is 0 Å². The first-order valence-corrected chi connectivity index (χ1v) is 12.6. The molecule has 1 aromatic heterocycles. The van der Waals surface area contributed by atoms with E-state index in [4.69, 9.17) is 9.47 Å². The van der Waals surface area contributed by atoms with Gasteiger partial charge in [0.25, 0.3) is 5.91 Å². The van der Waals surface area contributed by atoms with Gasteiger partial charge in [0.05, 0.1) is 24.7 Å². The van der Waals surface area contributed by atoms with Crippen molar-refractivity contribution in [3.8, 4) is 11.5 Å². The van der Waals surface area contributed by atoms with E-state index in [2.05, 4.69) is 5.32 Å². The second-order valence-corrected chi connectivity index (χ2v) is 9.34. The highest BCUT2D eigenvalue weighted by molar-refractivity contribution is 7.08. The van der Waals surface area contributed by atoms with Crippen LogP contribution >= 0.6 is 11.3 Å². The fourth-order valence-corrected chi connectivity index (χ4v) is 4.99. The van der Waals surface area contributed by atoms with Gasteiger partial charge in [0, 0.05) is 30.9 Å². The van der Waals surface area contributed by atoms with Crippen molar-refractivity contribution in [1.82, 2.24) is 4.90 Å². The molecule has 10 heteroatoms. The number of nitrogens with zero attached hydrogens (tertiary/aromatic N) is 2. The van der Waals surface area contributed by atoms with Gasteiger partial charge < -0.3 is 19.7 Å². The number of benzene rings is 2. The number of carbonyl (C=O) groups is 2. The van der Waals surface area contributed by atoms with Gasteiger partial charge >= 0.3 is 5.69 Å². The van der Waals surface area contributed by atoms with E-state index in [0.29, 0.717) is 18.8 Å². The normalized spacial score (nSPS) is 13.9. The zero-order valence-electron chi connectivity index (χ0n) is 20.5. The molecule has 1 aliphatic heterocycles. The third-order valence-electron chi connectivity index (χ3n) is 6.31. The van der Waals surface area contributed by atoms with Gasteiger partial charge in [0.1, 0.15) is 0 Å². The minimum Gasteiger partial charge on any atom is -0.493 e. The van der Waals surface area contributed by atoms with Crippen LogP contribution in [0.5, 0.6) is 11.5 Å². The summed E-state index contributed by atoms with van der Waals surface area (Å²) >= 11 is 1.58. The van der Waals surface area contributed by atoms with E-state index in [1.807, 2.05) is 41.1 Å². The molecule has 192 valence electrons.